The molecule has 2 aromatic rings. The van der Waals surface area contributed by atoms with Crippen LogP contribution in [0.15, 0.2) is 30.7 Å². The maximum absolute atomic E-state index is 12.1. The average molecular weight is 270 g/mol. The molecule has 2 heterocycles. The zero-order valence-electron chi connectivity index (χ0n) is 11.3. The summed E-state index contributed by atoms with van der Waals surface area (Å²) in [5, 5.41) is 9.73. The molecule has 5 nitrogen and oxygen atoms in total. The van der Waals surface area contributed by atoms with Crippen LogP contribution >= 0.6 is 0 Å². The van der Waals surface area contributed by atoms with Crippen molar-refractivity contribution >= 4 is 5.91 Å². The second-order valence-corrected chi connectivity index (χ2v) is 5.23. The minimum Gasteiger partial charge on any atom is -0.349 e. The molecule has 1 fully saturated rings. The molecule has 1 saturated carbocycles. The lowest BCUT2D eigenvalue weighted by molar-refractivity contribution is 0.0927. The number of hydrogen-bond donors (Lipinski definition) is 2. The molecule has 20 heavy (non-hydrogen) atoms. The molecular weight excluding hydrogens is 252 g/mol. The first-order valence-electron chi connectivity index (χ1n) is 7.09. The van der Waals surface area contributed by atoms with Crippen molar-refractivity contribution < 1.29 is 4.79 Å². The summed E-state index contributed by atoms with van der Waals surface area (Å²) < 4.78 is 0. The molecular formula is C15H18N4O. The van der Waals surface area contributed by atoms with Gasteiger partial charge in [0.25, 0.3) is 5.91 Å². The lowest BCUT2D eigenvalue weighted by Crippen LogP contribution is -2.36. The Bertz CT molecular complexity index is 556. The fourth-order valence-electron chi connectivity index (χ4n) is 2.61. The second-order valence-electron chi connectivity index (χ2n) is 5.23. The van der Waals surface area contributed by atoms with Crippen LogP contribution in [0.1, 0.15) is 42.5 Å². The molecule has 0 radical (unpaired) electrons. The molecule has 0 unspecified atom stereocenters. The van der Waals surface area contributed by atoms with Crippen LogP contribution in [0.5, 0.6) is 0 Å². The molecule has 0 bridgehead atoms. The number of amides is 1. The van der Waals surface area contributed by atoms with Gasteiger partial charge in [0.05, 0.1) is 17.5 Å². The molecule has 0 spiro atoms. The van der Waals surface area contributed by atoms with Gasteiger partial charge in [0.2, 0.25) is 0 Å². The Hall–Kier alpha value is -2.17. The van der Waals surface area contributed by atoms with E-state index in [2.05, 4.69) is 20.5 Å². The molecule has 0 saturated heterocycles. The highest BCUT2D eigenvalue weighted by molar-refractivity contribution is 5.94. The first kappa shape index (κ1) is 12.8. The van der Waals surface area contributed by atoms with Gasteiger partial charge in [-0.2, -0.15) is 5.10 Å². The predicted octanol–water partition coefficient (Wildman–Crippen LogP) is 2.53. The first-order chi connectivity index (χ1) is 9.83. The monoisotopic (exact) mass is 270 g/mol. The summed E-state index contributed by atoms with van der Waals surface area (Å²) in [6.07, 6.45) is 11.0. The lowest BCUT2D eigenvalue weighted by Gasteiger charge is -2.22. The highest BCUT2D eigenvalue weighted by Crippen LogP contribution is 2.18. The summed E-state index contributed by atoms with van der Waals surface area (Å²) >= 11 is 0. The Kier molecular flexibility index (Phi) is 3.76. The normalized spacial score (nSPS) is 16.0. The van der Waals surface area contributed by atoms with E-state index in [0.29, 0.717) is 11.6 Å². The van der Waals surface area contributed by atoms with Crippen LogP contribution in [0, 0.1) is 0 Å². The van der Waals surface area contributed by atoms with Gasteiger partial charge in [-0.1, -0.05) is 19.3 Å². The molecule has 3 rings (SSSR count). The molecule has 0 aromatic carbocycles. The number of carbonyl (C=O) groups excluding carboxylic acids is 1. The van der Waals surface area contributed by atoms with E-state index in [9.17, 15) is 4.79 Å². The number of hydrogen-bond acceptors (Lipinski definition) is 3. The van der Waals surface area contributed by atoms with Crippen LogP contribution in [-0.4, -0.2) is 27.1 Å². The van der Waals surface area contributed by atoms with Gasteiger partial charge in [0.15, 0.2) is 0 Å². The summed E-state index contributed by atoms with van der Waals surface area (Å²) in [6.45, 7) is 0. The summed E-state index contributed by atoms with van der Waals surface area (Å²) in [6, 6.07) is 3.98. The van der Waals surface area contributed by atoms with E-state index in [1.807, 2.05) is 12.1 Å². The number of nitrogens with zero attached hydrogens (tertiary/aromatic N) is 2. The highest BCUT2D eigenvalue weighted by Gasteiger charge is 2.16. The Morgan fingerprint density at radius 2 is 2.05 bits per heavy atom. The zero-order valence-corrected chi connectivity index (χ0v) is 11.3. The Balaban J connectivity index is 1.66. The van der Waals surface area contributed by atoms with E-state index in [1.165, 1.54) is 19.3 Å². The van der Waals surface area contributed by atoms with Gasteiger partial charge in [-0.15, -0.1) is 0 Å². The maximum Gasteiger partial charge on any atom is 0.253 e. The van der Waals surface area contributed by atoms with Crippen molar-refractivity contribution in [2.45, 2.75) is 38.1 Å². The van der Waals surface area contributed by atoms with E-state index in [-0.39, 0.29) is 5.91 Å². The number of H-pyrrole nitrogens is 1. The number of aromatic nitrogens is 3. The van der Waals surface area contributed by atoms with Gasteiger partial charge in [0.1, 0.15) is 0 Å². The van der Waals surface area contributed by atoms with E-state index in [4.69, 9.17) is 0 Å². The van der Waals surface area contributed by atoms with Gasteiger partial charge >= 0.3 is 0 Å². The van der Waals surface area contributed by atoms with Crippen LogP contribution in [-0.2, 0) is 0 Å². The second kappa shape index (κ2) is 5.86. The number of nitrogens with one attached hydrogen (secondary N) is 2. The third kappa shape index (κ3) is 2.87. The summed E-state index contributed by atoms with van der Waals surface area (Å²) in [5.41, 5.74) is 2.35. The van der Waals surface area contributed by atoms with E-state index >= 15 is 0 Å². The van der Waals surface area contributed by atoms with E-state index < -0.39 is 0 Å². The fraction of sp³-hybridized carbons (Fsp3) is 0.400. The maximum atomic E-state index is 12.1. The Morgan fingerprint density at radius 3 is 2.70 bits per heavy atom. The van der Waals surface area contributed by atoms with Crippen molar-refractivity contribution in [3.63, 3.8) is 0 Å². The summed E-state index contributed by atoms with van der Waals surface area (Å²) in [4.78, 5) is 16.5. The van der Waals surface area contributed by atoms with Gasteiger partial charge in [-0.3, -0.25) is 14.9 Å². The van der Waals surface area contributed by atoms with Crippen LogP contribution in [0.2, 0.25) is 0 Å². The van der Waals surface area contributed by atoms with Gasteiger partial charge in [-0.25, -0.2) is 0 Å². The highest BCUT2D eigenvalue weighted by atomic mass is 16.1. The predicted molar refractivity (Wildman–Crippen MR) is 76.2 cm³/mol. The van der Waals surface area contributed by atoms with Crippen LogP contribution in [0.25, 0.3) is 11.3 Å². The van der Waals surface area contributed by atoms with Gasteiger partial charge in [-0.05, 0) is 25.0 Å². The number of aromatic amines is 1. The van der Waals surface area contributed by atoms with Crippen molar-refractivity contribution in [1.29, 1.82) is 0 Å². The topological polar surface area (TPSA) is 70.7 Å². The SMILES string of the molecule is O=C(NC1CCCCC1)c1ccc(-c2cn[nH]c2)nc1. The molecule has 2 aromatic heterocycles. The quantitative estimate of drug-likeness (QED) is 0.900. The molecule has 1 amide bonds. The van der Waals surface area contributed by atoms with Crippen molar-refractivity contribution in [3.8, 4) is 11.3 Å². The first-order valence-corrected chi connectivity index (χ1v) is 7.09. The Morgan fingerprint density at radius 1 is 1.20 bits per heavy atom. The van der Waals surface area contributed by atoms with E-state index in [0.717, 1.165) is 24.1 Å². The standard InChI is InChI=1S/C15H18N4O/c20-15(19-13-4-2-1-3-5-13)11-6-7-14(16-8-11)12-9-17-18-10-12/h6-10,13H,1-5H2,(H,17,18)(H,19,20). The van der Waals surface area contributed by atoms with Crippen LogP contribution in [0.4, 0.5) is 0 Å². The summed E-state index contributed by atoms with van der Waals surface area (Å²) in [7, 11) is 0. The largest absolute Gasteiger partial charge is 0.349 e. The number of pyridine rings is 1. The number of rotatable bonds is 3. The molecule has 1 aliphatic rings. The van der Waals surface area contributed by atoms with Crippen molar-refractivity contribution in [3.05, 3.63) is 36.3 Å². The molecule has 104 valence electrons. The lowest BCUT2D eigenvalue weighted by atomic mass is 9.95. The fourth-order valence-corrected chi connectivity index (χ4v) is 2.61. The van der Waals surface area contributed by atoms with Crippen molar-refractivity contribution in [2.75, 3.05) is 0 Å². The molecule has 1 aliphatic carbocycles. The van der Waals surface area contributed by atoms with Crippen molar-refractivity contribution in [2.24, 2.45) is 0 Å². The Labute approximate surface area is 117 Å². The summed E-state index contributed by atoms with van der Waals surface area (Å²) in [5.74, 6) is -0.0249. The average Bonchev–Trinajstić information content (AvgIpc) is 3.03. The van der Waals surface area contributed by atoms with E-state index in [1.54, 1.807) is 18.6 Å². The smallest absolute Gasteiger partial charge is 0.253 e. The molecule has 0 aliphatic heterocycles. The van der Waals surface area contributed by atoms with Crippen LogP contribution in [0.3, 0.4) is 0 Å². The minimum atomic E-state index is -0.0249. The number of carbonyl (C=O) groups is 1. The third-order valence-corrected chi connectivity index (χ3v) is 3.76. The van der Waals surface area contributed by atoms with Crippen LogP contribution < -0.4 is 5.32 Å². The molecule has 2 N–H and O–H groups in total. The zero-order chi connectivity index (χ0) is 13.8. The van der Waals surface area contributed by atoms with Gasteiger partial charge in [0, 0.05) is 24.0 Å². The molecule has 0 atom stereocenters. The van der Waals surface area contributed by atoms with Gasteiger partial charge < -0.3 is 5.32 Å². The third-order valence-electron chi connectivity index (χ3n) is 3.76. The molecule has 5 heteroatoms. The minimum absolute atomic E-state index is 0.0249. The van der Waals surface area contributed by atoms with Crippen molar-refractivity contribution in [1.82, 2.24) is 20.5 Å².